The van der Waals surface area contributed by atoms with E-state index in [2.05, 4.69) is 0 Å². The zero-order valence-corrected chi connectivity index (χ0v) is 9.41. The molecule has 1 aromatic rings. The average Bonchev–Trinajstić information content (AvgIpc) is 2.29. The Bertz CT molecular complexity index is 457. The standard InChI is InChI=1S/C11H13NO5/c1-6(11(16)17)12(2)10(15)7-3-4-8(13)9(14)5-7/h3-6,13-14H,1-2H3,(H,16,17). The molecule has 0 aromatic heterocycles. The van der Waals surface area contributed by atoms with E-state index in [1.54, 1.807) is 0 Å². The summed E-state index contributed by atoms with van der Waals surface area (Å²) in [4.78, 5) is 23.6. The smallest absolute Gasteiger partial charge is 0.326 e. The minimum atomic E-state index is -1.12. The maximum absolute atomic E-state index is 11.8. The van der Waals surface area contributed by atoms with Crippen molar-refractivity contribution in [1.29, 1.82) is 0 Å². The Hall–Kier alpha value is -2.24. The van der Waals surface area contributed by atoms with Gasteiger partial charge in [0, 0.05) is 12.6 Å². The minimum absolute atomic E-state index is 0.107. The Morgan fingerprint density at radius 3 is 2.29 bits per heavy atom. The van der Waals surface area contributed by atoms with Crippen LogP contribution in [0.25, 0.3) is 0 Å². The van der Waals surface area contributed by atoms with E-state index in [1.165, 1.54) is 26.1 Å². The number of likely N-dealkylation sites (N-methyl/N-ethyl adjacent to an activating group) is 1. The van der Waals surface area contributed by atoms with Crippen LogP contribution in [-0.2, 0) is 4.79 Å². The number of carboxylic acid groups (broad SMARTS) is 1. The summed E-state index contributed by atoms with van der Waals surface area (Å²) in [7, 11) is 1.35. The molecule has 0 fully saturated rings. The molecule has 0 saturated carbocycles. The fourth-order valence-corrected chi connectivity index (χ4v) is 1.20. The summed E-state index contributed by atoms with van der Waals surface area (Å²) in [6.07, 6.45) is 0. The van der Waals surface area contributed by atoms with Gasteiger partial charge in [0.1, 0.15) is 6.04 Å². The average molecular weight is 239 g/mol. The largest absolute Gasteiger partial charge is 0.504 e. The van der Waals surface area contributed by atoms with E-state index in [-0.39, 0.29) is 11.3 Å². The van der Waals surface area contributed by atoms with Gasteiger partial charge in [-0.3, -0.25) is 4.79 Å². The number of nitrogens with zero attached hydrogens (tertiary/aromatic N) is 1. The van der Waals surface area contributed by atoms with Crippen molar-refractivity contribution in [2.24, 2.45) is 0 Å². The zero-order chi connectivity index (χ0) is 13.2. The summed E-state index contributed by atoms with van der Waals surface area (Å²) in [5, 5.41) is 27.1. The molecule has 17 heavy (non-hydrogen) atoms. The molecule has 0 heterocycles. The summed E-state index contributed by atoms with van der Waals surface area (Å²) in [6, 6.07) is 2.59. The van der Waals surface area contributed by atoms with Crippen LogP contribution < -0.4 is 0 Å². The summed E-state index contributed by atoms with van der Waals surface area (Å²) < 4.78 is 0. The molecular formula is C11H13NO5. The molecule has 1 rings (SSSR count). The van der Waals surface area contributed by atoms with Gasteiger partial charge in [-0.2, -0.15) is 0 Å². The molecule has 92 valence electrons. The lowest BCUT2D eigenvalue weighted by Gasteiger charge is -2.21. The second kappa shape index (κ2) is 4.73. The van der Waals surface area contributed by atoms with Crippen LogP contribution in [0.4, 0.5) is 0 Å². The number of carbonyl (C=O) groups excluding carboxylic acids is 1. The van der Waals surface area contributed by atoms with E-state index < -0.39 is 23.7 Å². The van der Waals surface area contributed by atoms with Crippen molar-refractivity contribution in [3.05, 3.63) is 23.8 Å². The minimum Gasteiger partial charge on any atom is -0.504 e. The fraction of sp³-hybridized carbons (Fsp3) is 0.273. The molecular weight excluding hydrogens is 226 g/mol. The Morgan fingerprint density at radius 1 is 1.24 bits per heavy atom. The van der Waals surface area contributed by atoms with Crippen LogP contribution in [0, 0.1) is 0 Å². The van der Waals surface area contributed by atoms with Crippen LogP contribution in [0.3, 0.4) is 0 Å². The zero-order valence-electron chi connectivity index (χ0n) is 9.41. The molecule has 1 unspecified atom stereocenters. The third-order valence-electron chi connectivity index (χ3n) is 2.48. The first-order chi connectivity index (χ1) is 7.84. The van der Waals surface area contributed by atoms with Crippen molar-refractivity contribution in [3.8, 4) is 11.5 Å². The van der Waals surface area contributed by atoms with Gasteiger partial charge in [0.15, 0.2) is 11.5 Å². The highest BCUT2D eigenvalue weighted by Crippen LogP contribution is 2.25. The van der Waals surface area contributed by atoms with E-state index >= 15 is 0 Å². The molecule has 3 N–H and O–H groups in total. The van der Waals surface area contributed by atoms with E-state index in [0.717, 1.165) is 11.0 Å². The Morgan fingerprint density at radius 2 is 1.82 bits per heavy atom. The normalized spacial score (nSPS) is 11.9. The second-order valence-corrected chi connectivity index (χ2v) is 3.63. The van der Waals surface area contributed by atoms with E-state index in [9.17, 15) is 14.7 Å². The predicted octanol–water partition coefficient (Wildman–Crippen LogP) is 0.643. The molecule has 0 spiro atoms. The van der Waals surface area contributed by atoms with Crippen LogP contribution in [0.5, 0.6) is 11.5 Å². The van der Waals surface area contributed by atoms with Crippen LogP contribution in [0.1, 0.15) is 17.3 Å². The van der Waals surface area contributed by atoms with Crippen LogP contribution in [0.2, 0.25) is 0 Å². The van der Waals surface area contributed by atoms with E-state index in [4.69, 9.17) is 10.2 Å². The number of hydrogen-bond acceptors (Lipinski definition) is 4. The Labute approximate surface area is 97.7 Å². The predicted molar refractivity (Wildman–Crippen MR) is 59.0 cm³/mol. The van der Waals surface area contributed by atoms with Gasteiger partial charge < -0.3 is 20.2 Å². The molecule has 1 amide bonds. The summed E-state index contributed by atoms with van der Waals surface area (Å²) in [6.45, 7) is 1.38. The lowest BCUT2D eigenvalue weighted by Crippen LogP contribution is -2.40. The highest BCUT2D eigenvalue weighted by atomic mass is 16.4. The van der Waals surface area contributed by atoms with E-state index in [1.807, 2.05) is 0 Å². The first-order valence-corrected chi connectivity index (χ1v) is 4.86. The molecule has 6 nitrogen and oxygen atoms in total. The highest BCUT2D eigenvalue weighted by molar-refractivity contribution is 5.96. The van der Waals surface area contributed by atoms with Gasteiger partial charge in [-0.05, 0) is 25.1 Å². The molecule has 1 aromatic carbocycles. The summed E-state index contributed by atoms with van der Waals surface area (Å²) >= 11 is 0. The monoisotopic (exact) mass is 239 g/mol. The number of amides is 1. The van der Waals surface area contributed by atoms with Crippen molar-refractivity contribution in [1.82, 2.24) is 4.90 Å². The first kappa shape index (κ1) is 12.8. The maximum atomic E-state index is 11.8. The molecule has 0 radical (unpaired) electrons. The van der Waals surface area contributed by atoms with Gasteiger partial charge in [-0.1, -0.05) is 0 Å². The van der Waals surface area contributed by atoms with Crippen molar-refractivity contribution in [3.63, 3.8) is 0 Å². The number of phenols is 2. The van der Waals surface area contributed by atoms with Gasteiger partial charge in [0.25, 0.3) is 5.91 Å². The van der Waals surface area contributed by atoms with Gasteiger partial charge in [0.05, 0.1) is 0 Å². The molecule has 0 aliphatic carbocycles. The number of benzene rings is 1. The molecule has 0 aliphatic rings. The molecule has 6 heteroatoms. The fourth-order valence-electron chi connectivity index (χ4n) is 1.20. The second-order valence-electron chi connectivity index (χ2n) is 3.63. The Kier molecular flexibility index (Phi) is 3.57. The highest BCUT2D eigenvalue weighted by Gasteiger charge is 2.23. The third kappa shape index (κ3) is 2.66. The lowest BCUT2D eigenvalue weighted by atomic mass is 10.1. The summed E-state index contributed by atoms with van der Waals surface area (Å²) in [5.74, 6) is -2.43. The number of rotatable bonds is 3. The lowest BCUT2D eigenvalue weighted by molar-refractivity contribution is -0.141. The van der Waals surface area contributed by atoms with Gasteiger partial charge in [-0.25, -0.2) is 4.79 Å². The Balaban J connectivity index is 2.96. The van der Waals surface area contributed by atoms with Crippen molar-refractivity contribution < 1.29 is 24.9 Å². The van der Waals surface area contributed by atoms with Crippen LogP contribution >= 0.6 is 0 Å². The number of phenolic OH excluding ortho intramolecular Hbond substituents is 2. The van der Waals surface area contributed by atoms with Crippen molar-refractivity contribution in [2.45, 2.75) is 13.0 Å². The number of aromatic hydroxyl groups is 2. The SMILES string of the molecule is CC(C(=O)O)N(C)C(=O)c1ccc(O)c(O)c1. The first-order valence-electron chi connectivity index (χ1n) is 4.86. The van der Waals surface area contributed by atoms with Gasteiger partial charge >= 0.3 is 5.97 Å². The van der Waals surface area contributed by atoms with Crippen molar-refractivity contribution in [2.75, 3.05) is 7.05 Å². The quantitative estimate of drug-likeness (QED) is 0.672. The van der Waals surface area contributed by atoms with Gasteiger partial charge in [-0.15, -0.1) is 0 Å². The third-order valence-corrected chi connectivity index (χ3v) is 2.48. The van der Waals surface area contributed by atoms with Gasteiger partial charge in [0.2, 0.25) is 0 Å². The summed E-state index contributed by atoms with van der Waals surface area (Å²) in [5.41, 5.74) is 0.107. The molecule has 0 bridgehead atoms. The topological polar surface area (TPSA) is 98.1 Å². The maximum Gasteiger partial charge on any atom is 0.326 e. The number of carboxylic acids is 1. The van der Waals surface area contributed by atoms with Crippen LogP contribution in [0.15, 0.2) is 18.2 Å². The molecule has 0 aliphatic heterocycles. The van der Waals surface area contributed by atoms with Crippen LogP contribution in [-0.4, -0.2) is 45.2 Å². The van der Waals surface area contributed by atoms with Crippen molar-refractivity contribution >= 4 is 11.9 Å². The number of carbonyl (C=O) groups is 2. The number of aliphatic carboxylic acids is 1. The molecule has 0 saturated heterocycles. The molecule has 1 atom stereocenters. The van der Waals surface area contributed by atoms with E-state index in [0.29, 0.717) is 0 Å². The number of hydrogen-bond donors (Lipinski definition) is 3.